The molecule has 0 aromatic carbocycles. The number of anilines is 1. The van der Waals surface area contributed by atoms with Gasteiger partial charge in [-0.25, -0.2) is 0 Å². The molecule has 1 aromatic rings. The molecule has 1 aromatic heterocycles. The highest BCUT2D eigenvalue weighted by Gasteiger charge is 2.44. The van der Waals surface area contributed by atoms with E-state index >= 15 is 0 Å². The van der Waals surface area contributed by atoms with E-state index < -0.39 is 0 Å². The van der Waals surface area contributed by atoms with Crippen LogP contribution in [0, 0.1) is 12.3 Å². The van der Waals surface area contributed by atoms with Gasteiger partial charge < -0.3 is 10.5 Å². The number of esters is 1. The summed E-state index contributed by atoms with van der Waals surface area (Å²) in [6.45, 7) is 4.94. The number of aromatic nitrogens is 2. The molecule has 6 heteroatoms. The van der Waals surface area contributed by atoms with E-state index in [0.717, 1.165) is 48.0 Å². The second-order valence-electron chi connectivity index (χ2n) is 5.57. The molecule has 0 saturated heterocycles. The average molecular weight is 297 g/mol. The van der Waals surface area contributed by atoms with Gasteiger partial charge >= 0.3 is 5.97 Å². The minimum absolute atomic E-state index is 0.111. The Bertz CT molecular complexity index is 495. The van der Waals surface area contributed by atoms with Crippen LogP contribution in [0.1, 0.15) is 38.3 Å². The highest BCUT2D eigenvalue weighted by molar-refractivity contribution is 7.99. The zero-order chi connectivity index (χ0) is 14.8. The number of hydrogen-bond donors (Lipinski definition) is 1. The maximum atomic E-state index is 11.4. The number of ether oxygens (including phenoxy) is 1. The molecule has 1 heterocycles. The van der Waals surface area contributed by atoms with Crippen molar-refractivity contribution < 1.29 is 9.53 Å². The van der Waals surface area contributed by atoms with Gasteiger partial charge in [0, 0.05) is 12.3 Å². The first-order valence-electron chi connectivity index (χ1n) is 7.04. The Morgan fingerprint density at radius 3 is 2.80 bits per heavy atom. The van der Waals surface area contributed by atoms with E-state index in [9.17, 15) is 4.79 Å². The monoisotopic (exact) mass is 297 g/mol. The first-order valence-corrected chi connectivity index (χ1v) is 8.02. The van der Waals surface area contributed by atoms with Gasteiger partial charge in [0.1, 0.15) is 5.03 Å². The van der Waals surface area contributed by atoms with E-state index in [1.807, 2.05) is 11.6 Å². The van der Waals surface area contributed by atoms with Crippen LogP contribution in [0.2, 0.25) is 0 Å². The lowest BCUT2D eigenvalue weighted by molar-refractivity contribution is -0.141. The Morgan fingerprint density at radius 1 is 1.55 bits per heavy atom. The number of thioether (sulfide) groups is 1. The smallest absolute Gasteiger partial charge is 0.306 e. The van der Waals surface area contributed by atoms with Gasteiger partial charge in [-0.3, -0.25) is 9.48 Å². The molecule has 0 unspecified atom stereocenters. The van der Waals surface area contributed by atoms with E-state index in [1.54, 1.807) is 11.8 Å². The van der Waals surface area contributed by atoms with E-state index in [-0.39, 0.29) is 11.4 Å². The second-order valence-corrected chi connectivity index (χ2v) is 6.53. The maximum Gasteiger partial charge on any atom is 0.306 e. The molecule has 2 N–H and O–H groups in total. The van der Waals surface area contributed by atoms with Crippen LogP contribution in [-0.4, -0.2) is 28.6 Å². The fourth-order valence-corrected chi connectivity index (χ4v) is 3.66. The maximum absolute atomic E-state index is 11.4. The van der Waals surface area contributed by atoms with Gasteiger partial charge in [0.05, 0.1) is 24.9 Å². The molecule has 1 saturated carbocycles. The van der Waals surface area contributed by atoms with E-state index in [1.165, 1.54) is 7.11 Å². The Hall–Kier alpha value is -1.17. The SMILES string of the molecule is CCCn1nc(C)c(N)c1SCC1(CC(=O)OC)CC1. The van der Waals surface area contributed by atoms with Crippen LogP contribution < -0.4 is 5.73 Å². The summed E-state index contributed by atoms with van der Waals surface area (Å²) in [6, 6.07) is 0. The van der Waals surface area contributed by atoms with Crippen LogP contribution >= 0.6 is 11.8 Å². The summed E-state index contributed by atoms with van der Waals surface area (Å²) < 4.78 is 6.77. The van der Waals surface area contributed by atoms with Crippen molar-refractivity contribution in [3.05, 3.63) is 5.69 Å². The third-order valence-electron chi connectivity index (χ3n) is 3.78. The minimum atomic E-state index is -0.116. The van der Waals surface area contributed by atoms with Gasteiger partial charge in [0.15, 0.2) is 0 Å². The van der Waals surface area contributed by atoms with Gasteiger partial charge in [0.2, 0.25) is 0 Å². The highest BCUT2D eigenvalue weighted by Crippen LogP contribution is 2.52. The quantitative estimate of drug-likeness (QED) is 0.619. The molecule has 1 aliphatic carbocycles. The predicted molar refractivity (Wildman–Crippen MR) is 80.7 cm³/mol. The van der Waals surface area contributed by atoms with E-state index in [4.69, 9.17) is 10.5 Å². The largest absolute Gasteiger partial charge is 0.469 e. The highest BCUT2D eigenvalue weighted by atomic mass is 32.2. The zero-order valence-electron chi connectivity index (χ0n) is 12.4. The minimum Gasteiger partial charge on any atom is -0.469 e. The van der Waals surface area contributed by atoms with Crippen LogP contribution in [0.3, 0.4) is 0 Å². The molecule has 1 fully saturated rings. The molecule has 0 amide bonds. The number of methoxy groups -OCH3 is 1. The number of nitrogens with zero attached hydrogens (tertiary/aromatic N) is 2. The van der Waals surface area contributed by atoms with Crippen molar-refractivity contribution >= 4 is 23.4 Å². The number of nitrogens with two attached hydrogens (primary N) is 1. The van der Waals surface area contributed by atoms with Crippen molar-refractivity contribution in [2.45, 2.75) is 51.1 Å². The Kier molecular flexibility index (Phi) is 4.62. The molecule has 0 spiro atoms. The van der Waals surface area contributed by atoms with Gasteiger partial charge in [0.25, 0.3) is 0 Å². The molecule has 1 aliphatic rings. The molecular formula is C14H23N3O2S. The molecule has 0 atom stereocenters. The molecule has 112 valence electrons. The van der Waals surface area contributed by atoms with Crippen molar-refractivity contribution in [3.8, 4) is 0 Å². The van der Waals surface area contributed by atoms with Crippen LogP contribution in [-0.2, 0) is 16.1 Å². The lowest BCUT2D eigenvalue weighted by Crippen LogP contribution is -2.13. The number of nitrogen functional groups attached to an aromatic ring is 1. The number of hydrogen-bond acceptors (Lipinski definition) is 5. The third kappa shape index (κ3) is 3.29. The lowest BCUT2D eigenvalue weighted by Gasteiger charge is -2.14. The van der Waals surface area contributed by atoms with Crippen LogP contribution in [0.4, 0.5) is 5.69 Å². The van der Waals surface area contributed by atoms with Crippen LogP contribution in [0.25, 0.3) is 0 Å². The number of carbonyl (C=O) groups excluding carboxylic acids is 1. The number of rotatable bonds is 7. The Morgan fingerprint density at radius 2 is 2.25 bits per heavy atom. The van der Waals surface area contributed by atoms with E-state index in [0.29, 0.717) is 6.42 Å². The molecule has 0 radical (unpaired) electrons. The molecule has 2 rings (SSSR count). The summed E-state index contributed by atoms with van der Waals surface area (Å²) in [4.78, 5) is 11.4. The van der Waals surface area contributed by atoms with Crippen molar-refractivity contribution in [1.82, 2.24) is 9.78 Å². The second kappa shape index (κ2) is 6.08. The summed E-state index contributed by atoms with van der Waals surface area (Å²) in [5.74, 6) is 0.788. The van der Waals surface area contributed by atoms with Crippen molar-refractivity contribution in [2.24, 2.45) is 5.41 Å². The Balaban J connectivity index is 2.02. The van der Waals surface area contributed by atoms with Crippen molar-refractivity contribution in [2.75, 3.05) is 18.6 Å². The summed E-state index contributed by atoms with van der Waals surface area (Å²) in [5, 5.41) is 5.52. The molecule has 20 heavy (non-hydrogen) atoms. The summed E-state index contributed by atoms with van der Waals surface area (Å²) in [6.07, 6.45) is 3.73. The molecule has 0 bridgehead atoms. The normalized spacial score (nSPS) is 16.1. The van der Waals surface area contributed by atoms with Crippen LogP contribution in [0.15, 0.2) is 5.03 Å². The molecular weight excluding hydrogens is 274 g/mol. The van der Waals surface area contributed by atoms with Crippen molar-refractivity contribution in [1.29, 1.82) is 0 Å². The van der Waals surface area contributed by atoms with E-state index in [2.05, 4.69) is 12.0 Å². The fraction of sp³-hybridized carbons (Fsp3) is 0.714. The zero-order valence-corrected chi connectivity index (χ0v) is 13.3. The summed E-state index contributed by atoms with van der Waals surface area (Å²) in [7, 11) is 1.45. The summed E-state index contributed by atoms with van der Waals surface area (Å²) in [5.41, 5.74) is 7.89. The average Bonchev–Trinajstić information content (AvgIpc) is 3.12. The molecule has 5 nitrogen and oxygen atoms in total. The van der Waals surface area contributed by atoms with Crippen molar-refractivity contribution in [3.63, 3.8) is 0 Å². The first-order chi connectivity index (χ1) is 9.51. The Labute approximate surface area is 124 Å². The fourth-order valence-electron chi connectivity index (χ4n) is 2.24. The van der Waals surface area contributed by atoms with Gasteiger partial charge in [-0.15, -0.1) is 11.8 Å². The molecule has 0 aliphatic heterocycles. The first kappa shape index (κ1) is 15.2. The van der Waals surface area contributed by atoms with Gasteiger partial charge in [-0.1, -0.05) is 6.92 Å². The standard InChI is InChI=1S/C14H23N3O2S/c1-4-7-17-13(12(15)10(2)16-17)20-9-14(5-6-14)8-11(18)19-3/h4-9,15H2,1-3H3. The number of aryl methyl sites for hydroxylation is 2. The lowest BCUT2D eigenvalue weighted by atomic mass is 10.1. The van der Waals surface area contributed by atoms with Crippen LogP contribution in [0.5, 0.6) is 0 Å². The predicted octanol–water partition coefficient (Wildman–Crippen LogP) is 2.62. The van der Waals surface area contributed by atoms with Gasteiger partial charge in [-0.2, -0.15) is 5.10 Å². The van der Waals surface area contributed by atoms with Gasteiger partial charge in [-0.05, 0) is 31.6 Å². The topological polar surface area (TPSA) is 70.1 Å². The summed E-state index contributed by atoms with van der Waals surface area (Å²) >= 11 is 1.72. The third-order valence-corrected chi connectivity index (χ3v) is 5.24. The number of carbonyl (C=O) groups is 1.